The normalized spacial score (nSPS) is 22.5. The fourth-order valence-electron chi connectivity index (χ4n) is 5.21. The van der Waals surface area contributed by atoms with Crippen LogP contribution in [0.5, 0.6) is 0 Å². The van der Waals surface area contributed by atoms with Crippen molar-refractivity contribution < 1.29 is 26.7 Å². The lowest BCUT2D eigenvalue weighted by molar-refractivity contribution is -0.182. The number of likely N-dealkylation sites (N-methyl/N-ethyl adjacent to an activating group) is 1. The number of amides is 1. The largest absolute Gasteiger partial charge is 0.391 e. The van der Waals surface area contributed by atoms with Crippen LogP contribution in [-0.2, 0) is 11.2 Å². The predicted molar refractivity (Wildman–Crippen MR) is 120 cm³/mol. The lowest BCUT2D eigenvalue weighted by Gasteiger charge is -2.35. The summed E-state index contributed by atoms with van der Waals surface area (Å²) in [5.74, 6) is -4.99. The maximum atomic E-state index is 13.5. The van der Waals surface area contributed by atoms with E-state index >= 15 is 0 Å². The van der Waals surface area contributed by atoms with E-state index in [9.17, 15) is 31.5 Å². The molecule has 2 heterocycles. The second-order valence-electron chi connectivity index (χ2n) is 9.75. The molecule has 0 radical (unpaired) electrons. The zero-order valence-corrected chi connectivity index (χ0v) is 19.6. The number of nitrogens with one attached hydrogen (secondary N) is 2. The van der Waals surface area contributed by atoms with E-state index in [-0.39, 0.29) is 49.4 Å². The SMILES string of the molecule is CNC(=O)Cc1c(C)[nH]c(-c2cnc(C3CC(F)(F)C3)cc2[C@H]2CC[C@H](C(F)(F)F)CC2)cc1=O. The van der Waals surface area contributed by atoms with Gasteiger partial charge in [-0.3, -0.25) is 14.6 Å². The molecular formula is C25H28F5N3O2. The molecule has 1 amide bonds. The smallest absolute Gasteiger partial charge is 0.359 e. The quantitative estimate of drug-likeness (QED) is 0.545. The molecule has 0 aliphatic heterocycles. The van der Waals surface area contributed by atoms with Crippen molar-refractivity contribution in [3.05, 3.63) is 51.1 Å². The van der Waals surface area contributed by atoms with Gasteiger partial charge in [-0.2, -0.15) is 13.2 Å². The van der Waals surface area contributed by atoms with Gasteiger partial charge in [0, 0.05) is 60.6 Å². The third kappa shape index (κ3) is 5.41. The van der Waals surface area contributed by atoms with Crippen LogP contribution in [0.2, 0.25) is 0 Å². The predicted octanol–water partition coefficient (Wildman–Crippen LogP) is 5.38. The van der Waals surface area contributed by atoms with Crippen LogP contribution in [0.25, 0.3) is 11.3 Å². The highest BCUT2D eigenvalue weighted by Gasteiger charge is 2.47. The van der Waals surface area contributed by atoms with Crippen molar-refractivity contribution in [2.45, 2.75) is 75.8 Å². The molecule has 2 aromatic heterocycles. The van der Waals surface area contributed by atoms with Gasteiger partial charge in [-0.25, -0.2) is 8.78 Å². The van der Waals surface area contributed by atoms with Crippen LogP contribution in [0.15, 0.2) is 23.1 Å². The number of alkyl halides is 5. The molecule has 4 rings (SSSR count). The van der Waals surface area contributed by atoms with Gasteiger partial charge in [0.1, 0.15) is 0 Å². The molecule has 35 heavy (non-hydrogen) atoms. The van der Waals surface area contributed by atoms with Crippen molar-refractivity contribution in [2.24, 2.45) is 5.92 Å². The summed E-state index contributed by atoms with van der Waals surface area (Å²) in [5.41, 5.74) is 2.73. The van der Waals surface area contributed by atoms with Gasteiger partial charge in [0.15, 0.2) is 5.43 Å². The summed E-state index contributed by atoms with van der Waals surface area (Å²) >= 11 is 0. The van der Waals surface area contributed by atoms with Crippen LogP contribution in [0, 0.1) is 12.8 Å². The lowest BCUT2D eigenvalue weighted by Crippen LogP contribution is -2.34. The Balaban J connectivity index is 1.70. The molecule has 0 unspecified atom stereocenters. The van der Waals surface area contributed by atoms with E-state index in [1.54, 1.807) is 13.0 Å². The molecular weight excluding hydrogens is 469 g/mol. The Morgan fingerprint density at radius 1 is 1.14 bits per heavy atom. The van der Waals surface area contributed by atoms with E-state index in [2.05, 4.69) is 15.3 Å². The summed E-state index contributed by atoms with van der Waals surface area (Å²) in [5, 5.41) is 2.48. The number of halogens is 5. The number of hydrogen-bond acceptors (Lipinski definition) is 3. The topological polar surface area (TPSA) is 74.8 Å². The minimum absolute atomic E-state index is 0.00657. The Morgan fingerprint density at radius 2 is 1.80 bits per heavy atom. The number of carbonyl (C=O) groups excluding carboxylic acids is 1. The standard InChI is InChI=1S/C25H28F5N3O2/c1-13-17(8-23(35)31-2)22(34)9-21(33-13)19-12-32-20(15-10-24(26,27)11-15)7-18(19)14-3-5-16(6-4-14)25(28,29)30/h7,9,12,14-16H,3-6,8,10-11H2,1-2H3,(H,31,35)(H,33,34)/t14-,16-. The molecule has 2 fully saturated rings. The fourth-order valence-corrected chi connectivity index (χ4v) is 5.21. The van der Waals surface area contributed by atoms with Gasteiger partial charge < -0.3 is 10.3 Å². The minimum atomic E-state index is -4.24. The molecule has 2 aromatic rings. The van der Waals surface area contributed by atoms with Crippen LogP contribution in [-0.4, -0.2) is 35.0 Å². The van der Waals surface area contributed by atoms with Crippen LogP contribution < -0.4 is 10.7 Å². The minimum Gasteiger partial charge on any atom is -0.359 e. The summed E-state index contributed by atoms with van der Waals surface area (Å²) < 4.78 is 66.6. The Labute approximate surface area is 199 Å². The lowest BCUT2D eigenvalue weighted by atomic mass is 9.74. The van der Waals surface area contributed by atoms with E-state index in [0.717, 1.165) is 5.56 Å². The number of pyridine rings is 2. The summed E-state index contributed by atoms with van der Waals surface area (Å²) in [6.45, 7) is 1.68. The van der Waals surface area contributed by atoms with Gasteiger partial charge in [0.2, 0.25) is 11.8 Å². The molecule has 0 spiro atoms. The second-order valence-corrected chi connectivity index (χ2v) is 9.75. The third-order valence-corrected chi connectivity index (χ3v) is 7.35. The number of aryl methyl sites for hydroxylation is 1. The molecule has 2 aliphatic rings. The Hall–Kier alpha value is -2.78. The molecule has 10 heteroatoms. The molecule has 2 N–H and O–H groups in total. The highest BCUT2D eigenvalue weighted by atomic mass is 19.4. The van der Waals surface area contributed by atoms with Crippen LogP contribution in [0.1, 0.15) is 72.9 Å². The first-order chi connectivity index (χ1) is 16.4. The molecule has 0 saturated heterocycles. The van der Waals surface area contributed by atoms with Crippen molar-refractivity contribution in [2.75, 3.05) is 7.05 Å². The second kappa shape index (κ2) is 9.35. The first-order valence-corrected chi connectivity index (χ1v) is 11.8. The maximum absolute atomic E-state index is 13.5. The number of hydrogen-bond donors (Lipinski definition) is 2. The summed E-state index contributed by atoms with van der Waals surface area (Å²) in [6.07, 6.45) is -2.80. The molecule has 190 valence electrons. The Morgan fingerprint density at radius 3 is 2.34 bits per heavy atom. The summed E-state index contributed by atoms with van der Waals surface area (Å²) in [7, 11) is 1.48. The average Bonchev–Trinajstić information content (AvgIpc) is 2.78. The highest BCUT2D eigenvalue weighted by molar-refractivity contribution is 5.78. The molecule has 2 aliphatic carbocycles. The van der Waals surface area contributed by atoms with Gasteiger partial charge in [-0.15, -0.1) is 0 Å². The first-order valence-electron chi connectivity index (χ1n) is 11.8. The zero-order valence-electron chi connectivity index (χ0n) is 19.6. The van der Waals surface area contributed by atoms with E-state index in [1.165, 1.54) is 19.3 Å². The van der Waals surface area contributed by atoms with E-state index < -0.39 is 23.9 Å². The van der Waals surface area contributed by atoms with E-state index in [1.807, 2.05) is 0 Å². The van der Waals surface area contributed by atoms with Gasteiger partial charge >= 0.3 is 6.18 Å². The number of carbonyl (C=O) groups is 1. The van der Waals surface area contributed by atoms with Gasteiger partial charge in [0.05, 0.1) is 18.0 Å². The molecule has 0 bridgehead atoms. The average molecular weight is 498 g/mol. The number of nitrogens with zero attached hydrogens (tertiary/aromatic N) is 1. The van der Waals surface area contributed by atoms with Crippen molar-refractivity contribution in [1.82, 2.24) is 15.3 Å². The summed E-state index contributed by atoms with van der Waals surface area (Å²) in [6, 6.07) is 3.10. The summed E-state index contributed by atoms with van der Waals surface area (Å²) in [4.78, 5) is 32.1. The maximum Gasteiger partial charge on any atom is 0.391 e. The van der Waals surface area contributed by atoms with Crippen LogP contribution in [0.3, 0.4) is 0 Å². The molecule has 2 saturated carbocycles. The van der Waals surface area contributed by atoms with Crippen molar-refractivity contribution in [3.63, 3.8) is 0 Å². The van der Waals surface area contributed by atoms with Gasteiger partial charge in [0.25, 0.3) is 0 Å². The monoisotopic (exact) mass is 497 g/mol. The number of aromatic amines is 1. The van der Waals surface area contributed by atoms with Crippen molar-refractivity contribution in [1.29, 1.82) is 0 Å². The Bertz CT molecular complexity index is 1160. The number of H-pyrrole nitrogens is 1. The molecule has 5 nitrogen and oxygen atoms in total. The third-order valence-electron chi connectivity index (χ3n) is 7.35. The fraction of sp³-hybridized carbons (Fsp3) is 0.560. The Kier molecular flexibility index (Phi) is 6.76. The van der Waals surface area contributed by atoms with Gasteiger partial charge in [-0.05, 0) is 50.2 Å². The van der Waals surface area contributed by atoms with Crippen LogP contribution in [0.4, 0.5) is 22.0 Å². The highest BCUT2D eigenvalue weighted by Crippen LogP contribution is 2.49. The first kappa shape index (κ1) is 25.3. The zero-order chi connectivity index (χ0) is 25.5. The van der Waals surface area contributed by atoms with Crippen LogP contribution >= 0.6 is 0 Å². The van der Waals surface area contributed by atoms with Crippen molar-refractivity contribution in [3.8, 4) is 11.3 Å². The van der Waals surface area contributed by atoms with Crippen molar-refractivity contribution >= 4 is 5.91 Å². The molecule has 0 aromatic carbocycles. The number of rotatable bonds is 5. The van der Waals surface area contributed by atoms with E-state index in [4.69, 9.17) is 0 Å². The van der Waals surface area contributed by atoms with Gasteiger partial charge in [-0.1, -0.05) is 0 Å². The molecule has 0 atom stereocenters. The number of aromatic nitrogens is 2. The van der Waals surface area contributed by atoms with E-state index in [0.29, 0.717) is 41.1 Å².